The fourth-order valence-corrected chi connectivity index (χ4v) is 3.13. The van der Waals surface area contributed by atoms with Crippen LogP contribution in [0.5, 0.6) is 0 Å². The van der Waals surface area contributed by atoms with Crippen molar-refractivity contribution >= 4 is 5.69 Å². The highest BCUT2D eigenvalue weighted by Crippen LogP contribution is 2.28. The van der Waals surface area contributed by atoms with Crippen LogP contribution < -0.4 is 10.2 Å². The van der Waals surface area contributed by atoms with Gasteiger partial charge in [-0.2, -0.15) is 0 Å². The maximum atomic E-state index is 13.5. The van der Waals surface area contributed by atoms with E-state index in [0.29, 0.717) is 0 Å². The summed E-state index contributed by atoms with van der Waals surface area (Å²) in [6, 6.07) is 5.21. The Balaban J connectivity index is 2.04. The van der Waals surface area contributed by atoms with Gasteiger partial charge in [0.15, 0.2) is 0 Å². The van der Waals surface area contributed by atoms with Gasteiger partial charge in [0.25, 0.3) is 0 Å². The van der Waals surface area contributed by atoms with E-state index < -0.39 is 0 Å². The Morgan fingerprint density at radius 1 is 1.25 bits per heavy atom. The fraction of sp³-hybridized carbons (Fsp3) is 0.647. The molecule has 0 unspecified atom stereocenters. The lowest BCUT2D eigenvalue weighted by molar-refractivity contribution is 0.378. The minimum atomic E-state index is -0.137. The van der Waals surface area contributed by atoms with Crippen LogP contribution in [0.15, 0.2) is 18.2 Å². The van der Waals surface area contributed by atoms with Gasteiger partial charge in [0.05, 0.1) is 0 Å². The van der Waals surface area contributed by atoms with E-state index in [1.807, 2.05) is 6.07 Å². The molecule has 2 nitrogen and oxygen atoms in total. The number of nitrogens with zero attached hydrogens (tertiary/aromatic N) is 1. The van der Waals surface area contributed by atoms with Crippen molar-refractivity contribution in [1.29, 1.82) is 0 Å². The van der Waals surface area contributed by atoms with E-state index in [-0.39, 0.29) is 5.82 Å². The van der Waals surface area contributed by atoms with Crippen molar-refractivity contribution in [1.82, 2.24) is 5.32 Å². The van der Waals surface area contributed by atoms with E-state index in [4.69, 9.17) is 0 Å². The lowest BCUT2D eigenvalue weighted by atomic mass is 9.92. The minimum Gasteiger partial charge on any atom is -0.371 e. The maximum Gasteiger partial charge on any atom is 0.123 e. The molecule has 1 aromatic carbocycles. The number of hydrogen-bond acceptors (Lipinski definition) is 2. The Morgan fingerprint density at radius 3 is 2.65 bits per heavy atom. The van der Waals surface area contributed by atoms with Gasteiger partial charge in [0.2, 0.25) is 0 Å². The van der Waals surface area contributed by atoms with Crippen molar-refractivity contribution in [3.63, 3.8) is 0 Å². The van der Waals surface area contributed by atoms with Gasteiger partial charge in [-0.05, 0) is 49.1 Å². The number of nitrogens with one attached hydrogen (secondary N) is 1. The van der Waals surface area contributed by atoms with Gasteiger partial charge >= 0.3 is 0 Å². The fourth-order valence-electron chi connectivity index (χ4n) is 3.13. The van der Waals surface area contributed by atoms with E-state index in [1.54, 1.807) is 12.1 Å². The van der Waals surface area contributed by atoms with Crippen LogP contribution in [0.4, 0.5) is 10.1 Å². The van der Waals surface area contributed by atoms with Gasteiger partial charge in [-0.3, -0.25) is 0 Å². The van der Waals surface area contributed by atoms with Crippen LogP contribution >= 0.6 is 0 Å². The van der Waals surface area contributed by atoms with Crippen molar-refractivity contribution in [2.75, 3.05) is 24.5 Å². The summed E-state index contributed by atoms with van der Waals surface area (Å²) in [7, 11) is 0. The van der Waals surface area contributed by atoms with Crippen LogP contribution in [0.3, 0.4) is 0 Å². The van der Waals surface area contributed by atoms with E-state index in [2.05, 4.69) is 24.1 Å². The second-order valence-electron chi connectivity index (χ2n) is 5.77. The molecule has 1 N–H and O–H groups in total. The first-order valence-electron chi connectivity index (χ1n) is 7.98. The Labute approximate surface area is 122 Å². The Bertz CT molecular complexity index is 411. The summed E-state index contributed by atoms with van der Waals surface area (Å²) >= 11 is 0. The van der Waals surface area contributed by atoms with Crippen LogP contribution in [0.2, 0.25) is 0 Å². The molecule has 2 rings (SSSR count). The van der Waals surface area contributed by atoms with Crippen LogP contribution in [-0.4, -0.2) is 19.6 Å². The molecule has 0 amide bonds. The van der Waals surface area contributed by atoms with Gasteiger partial charge in [-0.25, -0.2) is 4.39 Å². The van der Waals surface area contributed by atoms with Crippen LogP contribution in [0.25, 0.3) is 0 Å². The molecular weight excluding hydrogens is 251 g/mol. The molecule has 0 aliphatic carbocycles. The molecule has 0 radical (unpaired) electrons. The van der Waals surface area contributed by atoms with Gasteiger partial charge in [-0.1, -0.05) is 26.7 Å². The van der Waals surface area contributed by atoms with Gasteiger partial charge in [0.1, 0.15) is 5.82 Å². The third kappa shape index (κ3) is 3.95. The molecule has 1 saturated heterocycles. The molecule has 1 aliphatic rings. The molecule has 1 aromatic rings. The molecular formula is C17H27FN2. The lowest BCUT2D eigenvalue weighted by Crippen LogP contribution is -2.34. The second-order valence-corrected chi connectivity index (χ2v) is 5.77. The highest BCUT2D eigenvalue weighted by atomic mass is 19.1. The predicted octanol–water partition coefficient (Wildman–Crippen LogP) is 3.95. The van der Waals surface area contributed by atoms with E-state index in [1.165, 1.54) is 31.4 Å². The number of halogens is 1. The van der Waals surface area contributed by atoms with Crippen molar-refractivity contribution < 1.29 is 4.39 Å². The molecule has 0 bridgehead atoms. The van der Waals surface area contributed by atoms with Gasteiger partial charge in [0, 0.05) is 25.3 Å². The van der Waals surface area contributed by atoms with E-state index >= 15 is 0 Å². The SMILES string of the molecule is CCCC1CCN(c2ccc(F)cc2CNCC)CC1. The molecule has 1 fully saturated rings. The van der Waals surface area contributed by atoms with Crippen LogP contribution in [-0.2, 0) is 6.54 Å². The summed E-state index contributed by atoms with van der Waals surface area (Å²) in [5, 5.41) is 3.31. The summed E-state index contributed by atoms with van der Waals surface area (Å²) in [5.74, 6) is 0.747. The molecule has 0 atom stereocenters. The minimum absolute atomic E-state index is 0.137. The first-order valence-corrected chi connectivity index (χ1v) is 7.98. The molecule has 1 heterocycles. The molecule has 112 valence electrons. The summed E-state index contributed by atoms with van der Waals surface area (Å²) in [4.78, 5) is 2.43. The number of anilines is 1. The smallest absolute Gasteiger partial charge is 0.123 e. The maximum absolute atomic E-state index is 13.5. The van der Waals surface area contributed by atoms with Crippen molar-refractivity contribution in [3.05, 3.63) is 29.6 Å². The van der Waals surface area contributed by atoms with Crippen LogP contribution in [0, 0.1) is 11.7 Å². The number of benzene rings is 1. The van der Waals surface area contributed by atoms with E-state index in [0.717, 1.165) is 37.7 Å². The highest BCUT2D eigenvalue weighted by molar-refractivity contribution is 5.54. The van der Waals surface area contributed by atoms with E-state index in [9.17, 15) is 4.39 Å². The zero-order valence-corrected chi connectivity index (χ0v) is 12.8. The topological polar surface area (TPSA) is 15.3 Å². The number of hydrogen-bond donors (Lipinski definition) is 1. The summed E-state index contributed by atoms with van der Waals surface area (Å²) in [6.45, 7) is 8.22. The normalized spacial score (nSPS) is 16.6. The zero-order valence-electron chi connectivity index (χ0n) is 12.8. The first kappa shape index (κ1) is 15.3. The highest BCUT2D eigenvalue weighted by Gasteiger charge is 2.20. The van der Waals surface area contributed by atoms with Gasteiger partial charge in [-0.15, -0.1) is 0 Å². The van der Waals surface area contributed by atoms with Crippen molar-refractivity contribution in [2.45, 2.75) is 46.1 Å². The molecule has 3 heteroatoms. The van der Waals surface area contributed by atoms with Crippen molar-refractivity contribution in [3.8, 4) is 0 Å². The third-order valence-corrected chi connectivity index (χ3v) is 4.26. The lowest BCUT2D eigenvalue weighted by Gasteiger charge is -2.35. The average molecular weight is 278 g/mol. The van der Waals surface area contributed by atoms with Gasteiger partial charge < -0.3 is 10.2 Å². The Hall–Kier alpha value is -1.09. The number of piperidine rings is 1. The Morgan fingerprint density at radius 2 is 2.00 bits per heavy atom. The third-order valence-electron chi connectivity index (χ3n) is 4.26. The predicted molar refractivity (Wildman–Crippen MR) is 83.6 cm³/mol. The summed E-state index contributed by atoms with van der Waals surface area (Å²) in [6.07, 6.45) is 5.17. The molecule has 0 aromatic heterocycles. The summed E-state index contributed by atoms with van der Waals surface area (Å²) in [5.41, 5.74) is 2.29. The Kier molecular flexibility index (Phi) is 5.84. The summed E-state index contributed by atoms with van der Waals surface area (Å²) < 4.78 is 13.5. The monoisotopic (exact) mass is 278 g/mol. The standard InChI is InChI=1S/C17H27FN2/c1-3-5-14-8-10-20(11-9-14)17-7-6-16(18)12-15(17)13-19-4-2/h6-7,12,14,19H,3-5,8-11,13H2,1-2H3. The molecule has 20 heavy (non-hydrogen) atoms. The second kappa shape index (κ2) is 7.63. The quantitative estimate of drug-likeness (QED) is 0.847. The first-order chi connectivity index (χ1) is 9.74. The van der Waals surface area contributed by atoms with Crippen molar-refractivity contribution in [2.24, 2.45) is 5.92 Å². The largest absolute Gasteiger partial charge is 0.371 e. The average Bonchev–Trinajstić information content (AvgIpc) is 2.47. The molecule has 0 saturated carbocycles. The molecule has 0 spiro atoms. The molecule has 1 aliphatic heterocycles. The number of rotatable bonds is 6. The van der Waals surface area contributed by atoms with Crippen LogP contribution in [0.1, 0.15) is 45.1 Å². The zero-order chi connectivity index (χ0) is 14.4.